The molecule has 2 N–H and O–H groups in total. The summed E-state index contributed by atoms with van der Waals surface area (Å²) in [6, 6.07) is 4.19. The Labute approximate surface area is 150 Å². The molecule has 2 unspecified atom stereocenters. The van der Waals surface area contributed by atoms with Gasteiger partial charge in [-0.05, 0) is 37.5 Å². The minimum Gasteiger partial charge on any atom is -0.479 e. The second-order valence-electron chi connectivity index (χ2n) is 5.90. The summed E-state index contributed by atoms with van der Waals surface area (Å²) in [6.07, 6.45) is 1.30. The van der Waals surface area contributed by atoms with Crippen molar-refractivity contribution in [3.63, 3.8) is 0 Å². The van der Waals surface area contributed by atoms with Gasteiger partial charge in [-0.3, -0.25) is 4.79 Å². The summed E-state index contributed by atoms with van der Waals surface area (Å²) in [4.78, 5) is 24.2. The zero-order chi connectivity index (χ0) is 18.1. The van der Waals surface area contributed by atoms with Crippen molar-refractivity contribution in [2.24, 2.45) is 0 Å². The van der Waals surface area contributed by atoms with E-state index in [4.69, 9.17) is 23.2 Å². The number of rotatable bonds is 4. The number of hydrogen-bond acceptors (Lipinski definition) is 4. The van der Waals surface area contributed by atoms with Gasteiger partial charge in [0.25, 0.3) is 0 Å². The smallest absolute Gasteiger partial charge is 0.333 e. The highest BCUT2D eigenvalue weighted by Crippen LogP contribution is 2.30. The van der Waals surface area contributed by atoms with Crippen LogP contribution in [0, 0.1) is 0 Å². The molecule has 0 aromatic heterocycles. The molecule has 1 aromatic rings. The van der Waals surface area contributed by atoms with Gasteiger partial charge in [-0.2, -0.15) is 0 Å². The number of carboxylic acid groups (broad SMARTS) is 1. The second-order valence-corrected chi connectivity index (χ2v) is 9.02. The van der Waals surface area contributed by atoms with E-state index in [1.807, 2.05) is 0 Å². The fourth-order valence-corrected chi connectivity index (χ4v) is 4.73. The highest BCUT2D eigenvalue weighted by atomic mass is 35.5. The molecule has 2 atom stereocenters. The first-order chi connectivity index (χ1) is 11.1. The molecule has 132 valence electrons. The molecular weight excluding hydrogens is 377 g/mol. The lowest BCUT2D eigenvalue weighted by molar-refractivity contribution is -0.147. The third kappa shape index (κ3) is 3.68. The molecular formula is C15H17Cl2NO5S. The summed E-state index contributed by atoms with van der Waals surface area (Å²) in [7, 11) is -3.57. The van der Waals surface area contributed by atoms with E-state index in [1.165, 1.54) is 25.1 Å². The van der Waals surface area contributed by atoms with Gasteiger partial charge in [0.1, 0.15) is 5.25 Å². The largest absolute Gasteiger partial charge is 0.479 e. The van der Waals surface area contributed by atoms with Gasteiger partial charge in [0.2, 0.25) is 5.91 Å². The van der Waals surface area contributed by atoms with Crippen molar-refractivity contribution in [3.8, 4) is 0 Å². The van der Waals surface area contributed by atoms with E-state index in [2.05, 4.69) is 5.32 Å². The van der Waals surface area contributed by atoms with Crippen LogP contribution in [0.1, 0.15) is 31.7 Å². The molecule has 1 amide bonds. The van der Waals surface area contributed by atoms with Crippen LogP contribution in [0.3, 0.4) is 0 Å². The van der Waals surface area contributed by atoms with E-state index in [-0.39, 0.29) is 27.8 Å². The van der Waals surface area contributed by atoms with Crippen molar-refractivity contribution in [2.45, 2.75) is 37.0 Å². The average molecular weight is 394 g/mol. The summed E-state index contributed by atoms with van der Waals surface area (Å²) in [5.41, 5.74) is -1.62. The van der Waals surface area contributed by atoms with Gasteiger partial charge in [0.15, 0.2) is 15.4 Å². The molecule has 1 aromatic carbocycles. The Kier molecular flexibility index (Phi) is 5.47. The average Bonchev–Trinajstić information content (AvgIpc) is 2.49. The summed E-state index contributed by atoms with van der Waals surface area (Å²) in [6.45, 7) is 1.28. The quantitative estimate of drug-likeness (QED) is 0.817. The molecule has 1 fully saturated rings. The Morgan fingerprint density at radius 2 is 1.92 bits per heavy atom. The highest BCUT2D eigenvalue weighted by Gasteiger charge is 2.42. The van der Waals surface area contributed by atoms with Crippen molar-refractivity contribution < 1.29 is 23.1 Å². The van der Waals surface area contributed by atoms with E-state index in [0.717, 1.165) is 0 Å². The van der Waals surface area contributed by atoms with Crippen LogP contribution in [0.25, 0.3) is 0 Å². The number of sulfone groups is 1. The SMILES string of the molecule is CC(NC(=O)C1CCCCS1(=O)=O)(C(=O)O)c1ccc(Cl)c(Cl)c1. The molecule has 1 aliphatic heterocycles. The summed E-state index contributed by atoms with van der Waals surface area (Å²) >= 11 is 11.8. The molecule has 0 saturated carbocycles. The zero-order valence-corrected chi connectivity index (χ0v) is 15.2. The Bertz CT molecular complexity index is 780. The fourth-order valence-electron chi connectivity index (χ4n) is 2.63. The van der Waals surface area contributed by atoms with Crippen LogP contribution in [0.15, 0.2) is 18.2 Å². The predicted molar refractivity (Wildman–Crippen MR) is 91.0 cm³/mol. The van der Waals surface area contributed by atoms with E-state index < -0.39 is 32.5 Å². The maximum absolute atomic E-state index is 12.4. The molecule has 0 spiro atoms. The first-order valence-corrected chi connectivity index (χ1v) is 9.77. The topological polar surface area (TPSA) is 101 Å². The monoisotopic (exact) mass is 393 g/mol. The van der Waals surface area contributed by atoms with Crippen LogP contribution >= 0.6 is 23.2 Å². The number of benzene rings is 1. The second kappa shape index (κ2) is 6.90. The van der Waals surface area contributed by atoms with Crippen molar-refractivity contribution in [1.29, 1.82) is 0 Å². The van der Waals surface area contributed by atoms with Crippen molar-refractivity contribution in [2.75, 3.05) is 5.75 Å². The molecule has 6 nitrogen and oxygen atoms in total. The molecule has 0 bridgehead atoms. The molecule has 9 heteroatoms. The number of hydrogen-bond donors (Lipinski definition) is 2. The van der Waals surface area contributed by atoms with E-state index in [0.29, 0.717) is 12.8 Å². The Hall–Kier alpha value is -1.31. The first kappa shape index (κ1) is 19.0. The van der Waals surface area contributed by atoms with Crippen molar-refractivity contribution in [3.05, 3.63) is 33.8 Å². The van der Waals surface area contributed by atoms with Gasteiger partial charge in [-0.25, -0.2) is 13.2 Å². The third-order valence-corrected chi connectivity index (χ3v) is 7.08. The fraction of sp³-hybridized carbons (Fsp3) is 0.467. The maximum Gasteiger partial charge on any atom is 0.333 e. The van der Waals surface area contributed by atoms with Gasteiger partial charge in [-0.15, -0.1) is 0 Å². The van der Waals surface area contributed by atoms with Crippen LogP contribution in [-0.2, 0) is 25.0 Å². The van der Waals surface area contributed by atoms with Crippen LogP contribution in [0.4, 0.5) is 0 Å². The lowest BCUT2D eigenvalue weighted by Crippen LogP contribution is -2.54. The lowest BCUT2D eigenvalue weighted by Gasteiger charge is -2.30. The van der Waals surface area contributed by atoms with Gasteiger partial charge >= 0.3 is 5.97 Å². The molecule has 24 heavy (non-hydrogen) atoms. The van der Waals surface area contributed by atoms with Crippen LogP contribution < -0.4 is 5.32 Å². The zero-order valence-electron chi connectivity index (χ0n) is 12.9. The van der Waals surface area contributed by atoms with Crippen molar-refractivity contribution >= 4 is 44.9 Å². The third-order valence-electron chi connectivity index (χ3n) is 4.17. The molecule has 0 aliphatic carbocycles. The number of carbonyl (C=O) groups is 2. The number of amides is 1. The Balaban J connectivity index is 2.35. The van der Waals surface area contributed by atoms with Crippen LogP contribution in [0.2, 0.25) is 10.0 Å². The van der Waals surface area contributed by atoms with Gasteiger partial charge in [-0.1, -0.05) is 35.7 Å². The predicted octanol–water partition coefficient (Wildman–Crippen LogP) is 2.38. The van der Waals surface area contributed by atoms with Crippen molar-refractivity contribution in [1.82, 2.24) is 5.32 Å². The Morgan fingerprint density at radius 1 is 1.25 bits per heavy atom. The molecule has 1 aliphatic rings. The minimum absolute atomic E-state index is 0.0678. The number of carbonyl (C=O) groups excluding carboxylic acids is 1. The minimum atomic E-state index is -3.57. The van der Waals surface area contributed by atoms with Gasteiger partial charge in [0.05, 0.1) is 15.8 Å². The van der Waals surface area contributed by atoms with Gasteiger partial charge < -0.3 is 10.4 Å². The highest BCUT2D eigenvalue weighted by molar-refractivity contribution is 7.92. The number of halogens is 2. The number of carboxylic acids is 1. The summed E-state index contributed by atoms with van der Waals surface area (Å²) in [5, 5.41) is 11.1. The van der Waals surface area contributed by atoms with E-state index in [9.17, 15) is 23.1 Å². The summed E-state index contributed by atoms with van der Waals surface area (Å²) < 4.78 is 24.1. The van der Waals surface area contributed by atoms with E-state index >= 15 is 0 Å². The lowest BCUT2D eigenvalue weighted by atomic mass is 9.91. The van der Waals surface area contributed by atoms with E-state index in [1.54, 1.807) is 0 Å². The van der Waals surface area contributed by atoms with Crippen LogP contribution in [0.5, 0.6) is 0 Å². The molecule has 1 heterocycles. The Morgan fingerprint density at radius 3 is 2.46 bits per heavy atom. The maximum atomic E-state index is 12.4. The standard InChI is InChI=1S/C15H17Cl2NO5S/c1-15(14(20)21,9-5-6-10(16)11(17)8-9)18-13(19)12-4-2-3-7-24(12,22)23/h5-6,8,12H,2-4,7H2,1H3,(H,18,19)(H,20,21). The van der Waals surface area contributed by atoms with Crippen LogP contribution in [-0.4, -0.2) is 36.4 Å². The molecule has 1 saturated heterocycles. The summed E-state index contributed by atoms with van der Waals surface area (Å²) in [5.74, 6) is -2.21. The molecule has 0 radical (unpaired) electrons. The number of aliphatic carboxylic acids is 1. The molecule has 2 rings (SSSR count). The van der Waals surface area contributed by atoms with Gasteiger partial charge in [0, 0.05) is 0 Å². The normalized spacial score (nSPS) is 22.4. The number of nitrogens with one attached hydrogen (secondary N) is 1. The first-order valence-electron chi connectivity index (χ1n) is 7.30.